The number of halogens is 2. The molecule has 2 aromatic rings. The predicted octanol–water partition coefficient (Wildman–Crippen LogP) is 2.08. The topological polar surface area (TPSA) is 63.8 Å². The van der Waals surface area contributed by atoms with Crippen LogP contribution in [0.4, 0.5) is 4.39 Å². The van der Waals surface area contributed by atoms with Gasteiger partial charge in [-0.25, -0.2) is 4.39 Å². The molecule has 2 rings (SSSR count). The third kappa shape index (κ3) is 2.78. The van der Waals surface area contributed by atoms with Crippen LogP contribution in [0.1, 0.15) is 16.5 Å². The fourth-order valence-corrected chi connectivity index (χ4v) is 2.26. The number of rotatable bonds is 4. The van der Waals surface area contributed by atoms with Crippen LogP contribution in [0.3, 0.4) is 0 Å². The predicted molar refractivity (Wildman–Crippen MR) is 65.1 cm³/mol. The molecule has 0 fully saturated rings. The first-order chi connectivity index (χ1) is 8.22. The minimum Gasteiger partial charge on any atom is -0.271 e. The van der Waals surface area contributed by atoms with Gasteiger partial charge in [0.05, 0.1) is 22.1 Å². The lowest BCUT2D eigenvalue weighted by molar-refractivity contribution is 0.556. The first-order valence-electron chi connectivity index (χ1n) is 4.88. The van der Waals surface area contributed by atoms with E-state index in [-0.39, 0.29) is 11.1 Å². The van der Waals surface area contributed by atoms with Gasteiger partial charge in [0.2, 0.25) is 0 Å². The van der Waals surface area contributed by atoms with Crippen molar-refractivity contribution in [3.05, 3.63) is 45.7 Å². The third-order valence-electron chi connectivity index (χ3n) is 2.38. The molecule has 17 heavy (non-hydrogen) atoms. The summed E-state index contributed by atoms with van der Waals surface area (Å²) in [6.45, 7) is 0. The summed E-state index contributed by atoms with van der Waals surface area (Å²) in [6.07, 6.45) is 2.11. The molecule has 1 aromatic carbocycles. The summed E-state index contributed by atoms with van der Waals surface area (Å²) in [6, 6.07) is 4.54. The molecule has 0 bridgehead atoms. The van der Waals surface area contributed by atoms with Crippen LogP contribution in [-0.4, -0.2) is 9.59 Å². The van der Waals surface area contributed by atoms with Crippen molar-refractivity contribution in [2.75, 3.05) is 0 Å². The van der Waals surface area contributed by atoms with Gasteiger partial charge in [-0.1, -0.05) is 28.2 Å². The molecule has 0 radical (unpaired) electrons. The number of hydrogen-bond donors (Lipinski definition) is 2. The van der Waals surface area contributed by atoms with E-state index in [2.05, 4.69) is 15.0 Å². The highest BCUT2D eigenvalue weighted by Crippen LogP contribution is 2.26. The van der Waals surface area contributed by atoms with E-state index in [1.807, 2.05) is 0 Å². The van der Waals surface area contributed by atoms with E-state index < -0.39 is 5.82 Å². The van der Waals surface area contributed by atoms with Gasteiger partial charge in [-0.05, 0) is 29.6 Å². The molecule has 0 aliphatic heterocycles. The van der Waals surface area contributed by atoms with E-state index in [4.69, 9.17) is 17.4 Å². The van der Waals surface area contributed by atoms with Crippen LogP contribution in [0.5, 0.6) is 0 Å². The highest BCUT2D eigenvalue weighted by Gasteiger charge is 2.16. The number of benzene rings is 1. The highest BCUT2D eigenvalue weighted by molar-refractivity contribution is 7.05. The van der Waals surface area contributed by atoms with Crippen LogP contribution in [-0.2, 0) is 6.42 Å². The SMILES string of the molecule is NNC(Cc1cccc(F)c1Cl)c1cnns1. The van der Waals surface area contributed by atoms with Gasteiger partial charge in [0.1, 0.15) is 5.82 Å². The van der Waals surface area contributed by atoms with Gasteiger partial charge in [0.15, 0.2) is 0 Å². The summed E-state index contributed by atoms with van der Waals surface area (Å²) in [7, 11) is 0. The summed E-state index contributed by atoms with van der Waals surface area (Å²) in [4.78, 5) is 0.882. The molecule has 0 spiro atoms. The highest BCUT2D eigenvalue weighted by atomic mass is 35.5. The maximum atomic E-state index is 13.3. The van der Waals surface area contributed by atoms with E-state index in [0.717, 1.165) is 4.88 Å². The lowest BCUT2D eigenvalue weighted by Crippen LogP contribution is -2.29. The van der Waals surface area contributed by atoms with Gasteiger partial charge in [-0.15, -0.1) is 5.10 Å². The quantitative estimate of drug-likeness (QED) is 0.661. The Morgan fingerprint density at radius 2 is 2.35 bits per heavy atom. The Hall–Kier alpha value is -1.08. The van der Waals surface area contributed by atoms with E-state index in [0.29, 0.717) is 12.0 Å². The summed E-state index contributed by atoms with van der Waals surface area (Å²) < 4.78 is 17.0. The standard InChI is InChI=1S/C10H10ClFN4S/c11-10-6(2-1-3-7(10)12)4-8(15-13)9-5-14-16-17-9/h1-3,5,8,15H,4,13H2. The molecule has 1 heterocycles. The Bertz CT molecular complexity index is 491. The lowest BCUT2D eigenvalue weighted by Gasteiger charge is -2.14. The molecule has 0 saturated carbocycles. The van der Waals surface area contributed by atoms with Crippen molar-refractivity contribution in [1.29, 1.82) is 0 Å². The average molecular weight is 273 g/mol. The van der Waals surface area contributed by atoms with Crippen LogP contribution >= 0.6 is 23.1 Å². The van der Waals surface area contributed by atoms with E-state index in [1.165, 1.54) is 17.6 Å². The number of nitrogens with zero attached hydrogens (tertiary/aromatic N) is 2. The number of nitrogens with one attached hydrogen (secondary N) is 1. The minimum absolute atomic E-state index is 0.130. The van der Waals surface area contributed by atoms with Gasteiger partial charge in [0.25, 0.3) is 0 Å². The summed E-state index contributed by atoms with van der Waals surface area (Å²) in [5, 5.41) is 3.87. The summed E-state index contributed by atoms with van der Waals surface area (Å²) in [5.41, 5.74) is 3.35. The molecule has 0 amide bonds. The average Bonchev–Trinajstić information content (AvgIpc) is 2.85. The maximum absolute atomic E-state index is 13.3. The molecule has 0 aliphatic rings. The van der Waals surface area contributed by atoms with E-state index >= 15 is 0 Å². The van der Waals surface area contributed by atoms with Crippen LogP contribution in [0.15, 0.2) is 24.4 Å². The number of nitrogens with two attached hydrogens (primary N) is 1. The maximum Gasteiger partial charge on any atom is 0.142 e. The molecular formula is C10H10ClFN4S. The van der Waals surface area contributed by atoms with Crippen LogP contribution in [0, 0.1) is 5.82 Å². The second kappa shape index (κ2) is 5.50. The van der Waals surface area contributed by atoms with Crippen LogP contribution < -0.4 is 11.3 Å². The fourth-order valence-electron chi connectivity index (χ4n) is 1.50. The normalized spacial score (nSPS) is 12.6. The van der Waals surface area contributed by atoms with Crippen molar-refractivity contribution in [2.45, 2.75) is 12.5 Å². The molecule has 1 atom stereocenters. The molecule has 1 aromatic heterocycles. The zero-order valence-corrected chi connectivity index (χ0v) is 10.3. The first kappa shape index (κ1) is 12.4. The Morgan fingerprint density at radius 3 is 3.00 bits per heavy atom. The summed E-state index contributed by atoms with van der Waals surface area (Å²) in [5.74, 6) is 5.04. The number of aromatic nitrogens is 2. The van der Waals surface area contributed by atoms with Crippen molar-refractivity contribution in [3.63, 3.8) is 0 Å². The molecular weight excluding hydrogens is 263 g/mol. The van der Waals surface area contributed by atoms with E-state index in [1.54, 1.807) is 18.3 Å². The minimum atomic E-state index is -0.428. The third-order valence-corrected chi connectivity index (χ3v) is 3.58. The fraction of sp³-hybridized carbons (Fsp3) is 0.200. The van der Waals surface area contributed by atoms with Gasteiger partial charge >= 0.3 is 0 Å². The zero-order valence-electron chi connectivity index (χ0n) is 8.73. The molecule has 3 N–H and O–H groups in total. The first-order valence-corrected chi connectivity index (χ1v) is 6.03. The van der Waals surface area contributed by atoms with Crippen molar-refractivity contribution >= 4 is 23.1 Å². The molecule has 4 nitrogen and oxygen atoms in total. The van der Waals surface area contributed by atoms with Crippen LogP contribution in [0.25, 0.3) is 0 Å². The Morgan fingerprint density at radius 1 is 1.53 bits per heavy atom. The Balaban J connectivity index is 2.22. The van der Waals surface area contributed by atoms with Crippen molar-refractivity contribution < 1.29 is 4.39 Å². The molecule has 0 aliphatic carbocycles. The molecule has 90 valence electrons. The molecule has 7 heteroatoms. The monoisotopic (exact) mass is 272 g/mol. The number of hydrogen-bond acceptors (Lipinski definition) is 5. The summed E-state index contributed by atoms with van der Waals surface area (Å²) >= 11 is 7.13. The van der Waals surface area contributed by atoms with Crippen molar-refractivity contribution in [1.82, 2.24) is 15.0 Å². The van der Waals surface area contributed by atoms with Gasteiger partial charge in [-0.2, -0.15) is 0 Å². The largest absolute Gasteiger partial charge is 0.271 e. The van der Waals surface area contributed by atoms with E-state index in [9.17, 15) is 4.39 Å². The van der Waals surface area contributed by atoms with Crippen molar-refractivity contribution in [3.8, 4) is 0 Å². The second-order valence-electron chi connectivity index (χ2n) is 3.46. The molecule has 0 saturated heterocycles. The molecule has 1 unspecified atom stereocenters. The Labute approximate surface area is 107 Å². The van der Waals surface area contributed by atoms with Crippen LogP contribution in [0.2, 0.25) is 5.02 Å². The van der Waals surface area contributed by atoms with Gasteiger partial charge in [-0.3, -0.25) is 11.3 Å². The van der Waals surface area contributed by atoms with Crippen molar-refractivity contribution in [2.24, 2.45) is 5.84 Å². The Kier molecular flexibility index (Phi) is 4.01. The second-order valence-corrected chi connectivity index (χ2v) is 4.65. The zero-order chi connectivity index (χ0) is 12.3. The van der Waals surface area contributed by atoms with Gasteiger partial charge in [0, 0.05) is 0 Å². The lowest BCUT2D eigenvalue weighted by atomic mass is 10.1. The number of hydrazine groups is 1. The smallest absolute Gasteiger partial charge is 0.142 e. The van der Waals surface area contributed by atoms with Gasteiger partial charge < -0.3 is 0 Å².